The van der Waals surface area contributed by atoms with Crippen molar-refractivity contribution in [3.8, 4) is 0 Å². The second-order valence-electron chi connectivity index (χ2n) is 2.85. The van der Waals surface area contributed by atoms with Crippen LogP contribution in [0, 0.1) is 5.92 Å². The van der Waals surface area contributed by atoms with Crippen LogP contribution in [-0.4, -0.2) is 22.3 Å². The molecule has 0 bridgehead atoms. The lowest BCUT2D eigenvalue weighted by Gasteiger charge is -2.04. The molecule has 0 aliphatic carbocycles. The maximum Gasteiger partial charge on any atom is 0.182 e. The molecule has 0 aromatic rings. The molecular weight excluding hydrogens is 148 g/mol. The molecular formula is C7H14O2S. The SMILES string of the molecule is CC(C)CC(=O)C[S+](C)[O-]. The van der Waals surface area contributed by atoms with E-state index in [1.807, 2.05) is 13.8 Å². The zero-order valence-corrected chi connectivity index (χ0v) is 7.53. The first kappa shape index (κ1) is 9.98. The molecule has 0 radical (unpaired) electrons. The summed E-state index contributed by atoms with van der Waals surface area (Å²) in [5.74, 6) is 0.713. The van der Waals surface area contributed by atoms with E-state index in [9.17, 15) is 9.35 Å². The second-order valence-corrected chi connectivity index (χ2v) is 4.29. The number of ketones is 1. The van der Waals surface area contributed by atoms with Crippen LogP contribution in [0.15, 0.2) is 0 Å². The molecule has 0 heterocycles. The minimum Gasteiger partial charge on any atom is -0.616 e. The van der Waals surface area contributed by atoms with Crippen molar-refractivity contribution in [3.63, 3.8) is 0 Å². The fourth-order valence-electron chi connectivity index (χ4n) is 0.741. The van der Waals surface area contributed by atoms with E-state index in [1.165, 1.54) is 0 Å². The third-order valence-electron chi connectivity index (χ3n) is 1.00. The predicted octanol–water partition coefficient (Wildman–Crippen LogP) is 0.980. The average molecular weight is 162 g/mol. The van der Waals surface area contributed by atoms with E-state index in [-0.39, 0.29) is 11.5 Å². The van der Waals surface area contributed by atoms with Crippen molar-refractivity contribution < 1.29 is 9.35 Å². The van der Waals surface area contributed by atoms with Crippen molar-refractivity contribution in [2.45, 2.75) is 20.3 Å². The Hall–Kier alpha value is -0.0200. The lowest BCUT2D eigenvalue weighted by atomic mass is 10.1. The maximum atomic E-state index is 10.9. The Morgan fingerprint density at radius 3 is 2.40 bits per heavy atom. The van der Waals surface area contributed by atoms with Crippen LogP contribution in [0.3, 0.4) is 0 Å². The summed E-state index contributed by atoms with van der Waals surface area (Å²) in [6, 6.07) is 0. The standard InChI is InChI=1S/C7H14O2S/c1-6(2)4-7(8)5-10(3)9/h6H,4-5H2,1-3H3. The largest absolute Gasteiger partial charge is 0.616 e. The fourth-order valence-corrected chi connectivity index (χ4v) is 1.31. The van der Waals surface area contributed by atoms with Gasteiger partial charge in [-0.1, -0.05) is 13.8 Å². The molecule has 10 heavy (non-hydrogen) atoms. The molecule has 1 atom stereocenters. The van der Waals surface area contributed by atoms with E-state index in [0.717, 1.165) is 0 Å². The molecule has 3 heteroatoms. The van der Waals surface area contributed by atoms with Crippen LogP contribution in [-0.2, 0) is 16.0 Å². The molecule has 0 spiro atoms. The smallest absolute Gasteiger partial charge is 0.182 e. The molecule has 0 fully saturated rings. The molecule has 60 valence electrons. The summed E-state index contributed by atoms with van der Waals surface area (Å²) < 4.78 is 10.5. The van der Waals surface area contributed by atoms with E-state index >= 15 is 0 Å². The van der Waals surface area contributed by atoms with Crippen LogP contribution in [0.5, 0.6) is 0 Å². The van der Waals surface area contributed by atoms with Crippen LogP contribution >= 0.6 is 0 Å². The molecule has 0 aromatic carbocycles. The van der Waals surface area contributed by atoms with E-state index in [2.05, 4.69) is 0 Å². The minimum absolute atomic E-state index is 0.107. The van der Waals surface area contributed by atoms with Gasteiger partial charge in [0.2, 0.25) is 0 Å². The number of Topliss-reactive ketones (excluding diaryl/α,β-unsaturated/α-hetero) is 1. The molecule has 0 amide bonds. The Morgan fingerprint density at radius 1 is 1.60 bits per heavy atom. The van der Waals surface area contributed by atoms with Gasteiger partial charge in [-0.15, -0.1) is 0 Å². The molecule has 0 saturated heterocycles. The van der Waals surface area contributed by atoms with Crippen molar-refractivity contribution in [1.29, 1.82) is 0 Å². The van der Waals surface area contributed by atoms with Gasteiger partial charge in [0.05, 0.1) is 6.26 Å². The van der Waals surface area contributed by atoms with Crippen LogP contribution in [0.4, 0.5) is 0 Å². The van der Waals surface area contributed by atoms with E-state index in [1.54, 1.807) is 6.26 Å². The molecule has 0 N–H and O–H groups in total. The van der Waals surface area contributed by atoms with Crippen molar-refractivity contribution >= 4 is 17.0 Å². The van der Waals surface area contributed by atoms with Gasteiger partial charge in [0.25, 0.3) is 0 Å². The van der Waals surface area contributed by atoms with Crippen molar-refractivity contribution in [1.82, 2.24) is 0 Å². The number of rotatable bonds is 4. The van der Waals surface area contributed by atoms with Gasteiger partial charge in [-0.3, -0.25) is 4.79 Å². The monoisotopic (exact) mass is 162 g/mol. The molecule has 0 aromatic heterocycles. The third kappa shape index (κ3) is 6.11. The van der Waals surface area contributed by atoms with Gasteiger partial charge in [0, 0.05) is 6.42 Å². The summed E-state index contributed by atoms with van der Waals surface area (Å²) >= 11 is -0.962. The highest BCUT2D eigenvalue weighted by Crippen LogP contribution is 2.01. The quantitative estimate of drug-likeness (QED) is 0.578. The number of hydrogen-bond donors (Lipinski definition) is 0. The highest BCUT2D eigenvalue weighted by molar-refractivity contribution is 7.91. The number of carbonyl (C=O) groups is 1. The summed E-state index contributed by atoms with van der Waals surface area (Å²) in [7, 11) is 0. The van der Waals surface area contributed by atoms with Crippen LogP contribution < -0.4 is 0 Å². The first-order chi connectivity index (χ1) is 4.52. The Bertz CT molecular complexity index is 98.2. The Balaban J connectivity index is 3.44. The predicted molar refractivity (Wildman–Crippen MR) is 43.4 cm³/mol. The highest BCUT2D eigenvalue weighted by Gasteiger charge is 2.09. The average Bonchev–Trinajstić information content (AvgIpc) is 1.58. The van der Waals surface area contributed by atoms with Crippen LogP contribution in [0.2, 0.25) is 0 Å². The number of carbonyl (C=O) groups excluding carboxylic acids is 1. The van der Waals surface area contributed by atoms with Gasteiger partial charge in [0.1, 0.15) is 0 Å². The Morgan fingerprint density at radius 2 is 2.10 bits per heavy atom. The highest BCUT2D eigenvalue weighted by atomic mass is 32.2. The lowest BCUT2D eigenvalue weighted by Crippen LogP contribution is -2.15. The molecule has 0 saturated carbocycles. The van der Waals surface area contributed by atoms with Gasteiger partial charge in [-0.05, 0) is 17.1 Å². The van der Waals surface area contributed by atoms with Gasteiger partial charge in [0.15, 0.2) is 11.5 Å². The zero-order chi connectivity index (χ0) is 8.15. The fraction of sp³-hybridized carbons (Fsp3) is 0.857. The van der Waals surface area contributed by atoms with Crippen molar-refractivity contribution in [2.75, 3.05) is 12.0 Å². The topological polar surface area (TPSA) is 40.1 Å². The molecule has 0 aliphatic rings. The van der Waals surface area contributed by atoms with Crippen molar-refractivity contribution in [3.05, 3.63) is 0 Å². The maximum absolute atomic E-state index is 10.9. The third-order valence-corrected chi connectivity index (χ3v) is 1.73. The summed E-state index contributed by atoms with van der Waals surface area (Å²) in [5.41, 5.74) is 0. The van der Waals surface area contributed by atoms with E-state index < -0.39 is 11.2 Å². The van der Waals surface area contributed by atoms with Gasteiger partial charge >= 0.3 is 0 Å². The van der Waals surface area contributed by atoms with Crippen molar-refractivity contribution in [2.24, 2.45) is 5.92 Å². The first-order valence-corrected chi connectivity index (χ1v) is 5.06. The molecule has 0 rings (SSSR count). The Kier molecular flexibility index (Phi) is 4.73. The summed E-state index contributed by atoms with van der Waals surface area (Å²) in [6.07, 6.45) is 2.11. The summed E-state index contributed by atoms with van der Waals surface area (Å²) in [6.45, 7) is 3.97. The van der Waals surface area contributed by atoms with Gasteiger partial charge in [-0.2, -0.15) is 0 Å². The molecule has 2 nitrogen and oxygen atoms in total. The summed E-state index contributed by atoms with van der Waals surface area (Å²) in [4.78, 5) is 10.9. The Labute approximate surface area is 65.2 Å². The van der Waals surface area contributed by atoms with Crippen LogP contribution in [0.25, 0.3) is 0 Å². The van der Waals surface area contributed by atoms with Crippen LogP contribution in [0.1, 0.15) is 20.3 Å². The van der Waals surface area contributed by atoms with Gasteiger partial charge in [-0.25, -0.2) is 0 Å². The first-order valence-electron chi connectivity index (χ1n) is 3.34. The summed E-state index contributed by atoms with van der Waals surface area (Å²) in [5, 5.41) is 0. The molecule has 0 aliphatic heterocycles. The molecule has 1 unspecified atom stereocenters. The van der Waals surface area contributed by atoms with E-state index in [0.29, 0.717) is 12.3 Å². The lowest BCUT2D eigenvalue weighted by molar-refractivity contribution is -0.117. The van der Waals surface area contributed by atoms with E-state index in [4.69, 9.17) is 0 Å². The second kappa shape index (κ2) is 4.74. The minimum atomic E-state index is -0.962. The van der Waals surface area contributed by atoms with Gasteiger partial charge < -0.3 is 4.55 Å². The zero-order valence-electron chi connectivity index (χ0n) is 6.72. The normalized spacial score (nSPS) is 13.7. The number of hydrogen-bond acceptors (Lipinski definition) is 2.